The molecule has 0 unspecified atom stereocenters. The number of fused-ring (bicyclic) bond motifs is 1. The molecule has 2 nitrogen and oxygen atoms in total. The van der Waals surface area contributed by atoms with Crippen molar-refractivity contribution in [3.63, 3.8) is 0 Å². The molecule has 0 bridgehead atoms. The second kappa shape index (κ2) is 3.14. The lowest BCUT2D eigenvalue weighted by atomic mass is 10.0. The number of benzene rings is 1. The lowest BCUT2D eigenvalue weighted by molar-refractivity contribution is 1.05. The fourth-order valence-corrected chi connectivity index (χ4v) is 1.96. The second-order valence-electron chi connectivity index (χ2n) is 3.86. The Labute approximate surface area is 84.1 Å². The van der Waals surface area contributed by atoms with Crippen LogP contribution in [0.3, 0.4) is 0 Å². The van der Waals surface area contributed by atoms with Crippen LogP contribution in [0.15, 0.2) is 12.1 Å². The number of aromatic nitrogens is 1. The minimum atomic E-state index is 0.605. The summed E-state index contributed by atoms with van der Waals surface area (Å²) in [6.07, 6.45) is 0. The minimum absolute atomic E-state index is 0.605. The average molecular weight is 188 g/mol. The first-order valence-electron chi connectivity index (χ1n) is 4.92. The molecule has 0 spiro atoms. The highest BCUT2D eigenvalue weighted by atomic mass is 14.7. The van der Waals surface area contributed by atoms with Crippen molar-refractivity contribution in [2.75, 3.05) is 0 Å². The summed E-state index contributed by atoms with van der Waals surface area (Å²) in [7, 11) is 0. The highest BCUT2D eigenvalue weighted by molar-refractivity contribution is 5.88. The fourth-order valence-electron chi connectivity index (χ4n) is 1.96. The molecule has 0 aliphatic heterocycles. The third-order valence-corrected chi connectivity index (χ3v) is 3.03. The molecule has 0 saturated carbocycles. The highest BCUT2D eigenvalue weighted by Crippen LogP contribution is 2.26. The van der Waals surface area contributed by atoms with Crippen LogP contribution < -0.4 is 5.73 Å². The zero-order valence-corrected chi connectivity index (χ0v) is 8.94. The standard InChI is InChI=1S/C12H16N2/c1-7-4-5-10-11(6-13)9(3)14-12(10)8(7)2/h4-5,14H,6,13H2,1-3H3. The third kappa shape index (κ3) is 1.15. The van der Waals surface area contributed by atoms with Gasteiger partial charge in [0.25, 0.3) is 0 Å². The molecule has 2 rings (SSSR count). The van der Waals surface area contributed by atoms with E-state index >= 15 is 0 Å². The van der Waals surface area contributed by atoms with Crippen LogP contribution in [0.4, 0.5) is 0 Å². The fraction of sp³-hybridized carbons (Fsp3) is 0.333. The number of nitrogens with two attached hydrogens (primary N) is 1. The first-order valence-corrected chi connectivity index (χ1v) is 4.92. The van der Waals surface area contributed by atoms with Gasteiger partial charge in [-0.1, -0.05) is 12.1 Å². The maximum atomic E-state index is 5.73. The molecule has 1 heterocycles. The molecule has 0 fully saturated rings. The number of hydrogen-bond donors (Lipinski definition) is 2. The molecular weight excluding hydrogens is 172 g/mol. The van der Waals surface area contributed by atoms with E-state index in [1.165, 1.54) is 33.3 Å². The van der Waals surface area contributed by atoms with Crippen LogP contribution in [0.25, 0.3) is 10.9 Å². The molecule has 3 N–H and O–H groups in total. The van der Waals surface area contributed by atoms with E-state index in [4.69, 9.17) is 5.73 Å². The Morgan fingerprint density at radius 2 is 1.93 bits per heavy atom. The zero-order chi connectivity index (χ0) is 10.3. The van der Waals surface area contributed by atoms with Crippen molar-refractivity contribution in [3.05, 3.63) is 34.5 Å². The van der Waals surface area contributed by atoms with E-state index in [1.54, 1.807) is 0 Å². The average Bonchev–Trinajstić information content (AvgIpc) is 2.49. The SMILES string of the molecule is Cc1ccc2c(CN)c(C)[nH]c2c1C. The molecule has 0 amide bonds. The smallest absolute Gasteiger partial charge is 0.0491 e. The van der Waals surface area contributed by atoms with E-state index in [0.29, 0.717) is 6.54 Å². The summed E-state index contributed by atoms with van der Waals surface area (Å²) in [4.78, 5) is 3.41. The zero-order valence-electron chi connectivity index (χ0n) is 8.94. The maximum absolute atomic E-state index is 5.73. The Balaban J connectivity index is 2.87. The quantitative estimate of drug-likeness (QED) is 0.709. The van der Waals surface area contributed by atoms with Gasteiger partial charge in [0.15, 0.2) is 0 Å². The van der Waals surface area contributed by atoms with E-state index < -0.39 is 0 Å². The van der Waals surface area contributed by atoms with Crippen LogP contribution in [0.1, 0.15) is 22.4 Å². The topological polar surface area (TPSA) is 41.8 Å². The first-order chi connectivity index (χ1) is 6.65. The minimum Gasteiger partial charge on any atom is -0.358 e. The van der Waals surface area contributed by atoms with Crippen molar-refractivity contribution in [1.29, 1.82) is 0 Å². The number of nitrogens with one attached hydrogen (secondary N) is 1. The number of rotatable bonds is 1. The van der Waals surface area contributed by atoms with Crippen LogP contribution >= 0.6 is 0 Å². The Kier molecular flexibility index (Phi) is 2.08. The van der Waals surface area contributed by atoms with Crippen molar-refractivity contribution in [1.82, 2.24) is 4.98 Å². The normalized spacial score (nSPS) is 11.1. The van der Waals surface area contributed by atoms with Gasteiger partial charge in [0.05, 0.1) is 0 Å². The Bertz CT molecular complexity index is 481. The Hall–Kier alpha value is -1.28. The predicted octanol–water partition coefficient (Wildman–Crippen LogP) is 2.55. The molecule has 2 aromatic rings. The van der Waals surface area contributed by atoms with E-state index in [9.17, 15) is 0 Å². The van der Waals surface area contributed by atoms with Gasteiger partial charge in [-0.2, -0.15) is 0 Å². The number of H-pyrrole nitrogens is 1. The summed E-state index contributed by atoms with van der Waals surface area (Å²) in [6.45, 7) is 6.96. The molecule has 0 aliphatic rings. The van der Waals surface area contributed by atoms with Crippen LogP contribution in [0.5, 0.6) is 0 Å². The maximum Gasteiger partial charge on any atom is 0.0491 e. The second-order valence-corrected chi connectivity index (χ2v) is 3.86. The summed E-state index contributed by atoms with van der Waals surface area (Å²) < 4.78 is 0. The third-order valence-electron chi connectivity index (χ3n) is 3.03. The molecule has 0 atom stereocenters. The largest absolute Gasteiger partial charge is 0.358 e. The summed E-state index contributed by atoms with van der Waals surface area (Å²) >= 11 is 0. The van der Waals surface area contributed by atoms with Crippen molar-refractivity contribution in [2.45, 2.75) is 27.3 Å². The van der Waals surface area contributed by atoms with Crippen molar-refractivity contribution < 1.29 is 0 Å². The molecule has 2 heteroatoms. The lowest BCUT2D eigenvalue weighted by Crippen LogP contribution is -1.96. The summed E-state index contributed by atoms with van der Waals surface area (Å²) in [5.41, 5.74) is 12.0. The van der Waals surface area contributed by atoms with Crippen molar-refractivity contribution >= 4 is 10.9 Å². The monoisotopic (exact) mass is 188 g/mol. The van der Waals surface area contributed by atoms with E-state index in [2.05, 4.69) is 37.9 Å². The lowest BCUT2D eigenvalue weighted by Gasteiger charge is -2.01. The van der Waals surface area contributed by atoms with Crippen LogP contribution in [0, 0.1) is 20.8 Å². The van der Waals surface area contributed by atoms with Gasteiger partial charge >= 0.3 is 0 Å². The Morgan fingerprint density at radius 1 is 1.21 bits per heavy atom. The van der Waals surface area contributed by atoms with Gasteiger partial charge in [0.1, 0.15) is 0 Å². The van der Waals surface area contributed by atoms with Gasteiger partial charge in [-0.15, -0.1) is 0 Å². The molecule has 0 radical (unpaired) electrons. The molecule has 14 heavy (non-hydrogen) atoms. The predicted molar refractivity (Wildman–Crippen MR) is 60.4 cm³/mol. The van der Waals surface area contributed by atoms with Gasteiger partial charge in [0, 0.05) is 23.1 Å². The summed E-state index contributed by atoms with van der Waals surface area (Å²) in [5.74, 6) is 0. The van der Waals surface area contributed by atoms with Gasteiger partial charge in [-0.25, -0.2) is 0 Å². The van der Waals surface area contributed by atoms with Crippen molar-refractivity contribution in [3.8, 4) is 0 Å². The van der Waals surface area contributed by atoms with Gasteiger partial charge < -0.3 is 10.7 Å². The molecule has 1 aromatic carbocycles. The highest BCUT2D eigenvalue weighted by Gasteiger charge is 2.09. The number of hydrogen-bond acceptors (Lipinski definition) is 1. The summed E-state index contributed by atoms with van der Waals surface area (Å²) in [5, 5.41) is 1.27. The van der Waals surface area contributed by atoms with Crippen LogP contribution in [0.2, 0.25) is 0 Å². The Morgan fingerprint density at radius 3 is 2.57 bits per heavy atom. The number of aryl methyl sites for hydroxylation is 3. The summed E-state index contributed by atoms with van der Waals surface area (Å²) in [6, 6.07) is 4.31. The molecule has 0 saturated heterocycles. The van der Waals surface area contributed by atoms with Gasteiger partial charge in [-0.05, 0) is 37.5 Å². The van der Waals surface area contributed by atoms with Gasteiger partial charge in [0.2, 0.25) is 0 Å². The van der Waals surface area contributed by atoms with Crippen molar-refractivity contribution in [2.24, 2.45) is 5.73 Å². The van der Waals surface area contributed by atoms with Crippen LogP contribution in [-0.4, -0.2) is 4.98 Å². The first kappa shape index (κ1) is 9.28. The molecular formula is C12H16N2. The molecule has 1 aromatic heterocycles. The van der Waals surface area contributed by atoms with E-state index in [0.717, 1.165) is 0 Å². The molecule has 74 valence electrons. The van der Waals surface area contributed by atoms with E-state index in [-0.39, 0.29) is 0 Å². The van der Waals surface area contributed by atoms with Crippen LogP contribution in [-0.2, 0) is 6.54 Å². The molecule has 0 aliphatic carbocycles. The van der Waals surface area contributed by atoms with Gasteiger partial charge in [-0.3, -0.25) is 0 Å². The number of aromatic amines is 1. The van der Waals surface area contributed by atoms with E-state index in [1.807, 2.05) is 0 Å².